The summed E-state index contributed by atoms with van der Waals surface area (Å²) in [6, 6.07) is 9.72. The lowest BCUT2D eigenvalue weighted by atomic mass is 9.89. The summed E-state index contributed by atoms with van der Waals surface area (Å²) in [5.74, 6) is -0.295. The smallest absolute Gasteiger partial charge is 0.330 e. The molecule has 2 rings (SSSR count). The molecular formula is C10H11NO2. The fourth-order valence-corrected chi connectivity index (χ4v) is 1.40. The van der Waals surface area contributed by atoms with E-state index in [4.69, 9.17) is 5.73 Å². The lowest BCUT2D eigenvalue weighted by Crippen LogP contribution is -2.63. The van der Waals surface area contributed by atoms with E-state index in [9.17, 15) is 4.79 Å². The molecule has 1 heterocycles. The van der Waals surface area contributed by atoms with Crippen LogP contribution in [0.2, 0.25) is 0 Å². The second-order valence-electron chi connectivity index (χ2n) is 3.39. The van der Waals surface area contributed by atoms with Crippen molar-refractivity contribution >= 4 is 5.97 Å². The van der Waals surface area contributed by atoms with Crippen LogP contribution in [0, 0.1) is 0 Å². The van der Waals surface area contributed by atoms with Crippen molar-refractivity contribution in [3.05, 3.63) is 35.9 Å². The van der Waals surface area contributed by atoms with Crippen LogP contribution < -0.4 is 5.73 Å². The Morgan fingerprint density at radius 3 is 2.54 bits per heavy atom. The summed E-state index contributed by atoms with van der Waals surface area (Å²) >= 11 is 0. The molecule has 3 nitrogen and oxygen atoms in total. The number of esters is 1. The molecule has 0 saturated carbocycles. The fourth-order valence-electron chi connectivity index (χ4n) is 1.40. The molecule has 0 radical (unpaired) electrons. The van der Waals surface area contributed by atoms with Crippen LogP contribution in [0.5, 0.6) is 0 Å². The van der Waals surface area contributed by atoms with Gasteiger partial charge in [-0.1, -0.05) is 30.3 Å². The van der Waals surface area contributed by atoms with Crippen molar-refractivity contribution < 1.29 is 9.53 Å². The first-order chi connectivity index (χ1) is 6.21. The Kier molecular flexibility index (Phi) is 1.81. The van der Waals surface area contributed by atoms with Gasteiger partial charge in [-0.15, -0.1) is 0 Å². The highest BCUT2D eigenvalue weighted by Crippen LogP contribution is 2.20. The topological polar surface area (TPSA) is 52.3 Å². The van der Waals surface area contributed by atoms with Gasteiger partial charge in [0, 0.05) is 6.42 Å². The molecule has 1 aromatic rings. The van der Waals surface area contributed by atoms with Crippen molar-refractivity contribution in [1.82, 2.24) is 0 Å². The highest BCUT2D eigenvalue weighted by atomic mass is 16.6. The number of benzene rings is 1. The third-order valence-corrected chi connectivity index (χ3v) is 2.23. The number of hydrogen-bond donors (Lipinski definition) is 1. The first-order valence-electron chi connectivity index (χ1n) is 4.21. The molecule has 3 heteroatoms. The number of hydrogen-bond acceptors (Lipinski definition) is 3. The van der Waals surface area contributed by atoms with E-state index < -0.39 is 5.54 Å². The van der Waals surface area contributed by atoms with Crippen molar-refractivity contribution in [3.63, 3.8) is 0 Å². The normalized spacial score (nSPS) is 26.4. The van der Waals surface area contributed by atoms with Crippen LogP contribution in [-0.2, 0) is 16.0 Å². The lowest BCUT2D eigenvalue weighted by molar-refractivity contribution is -0.172. The van der Waals surface area contributed by atoms with Crippen LogP contribution in [0.15, 0.2) is 30.3 Å². The Hall–Kier alpha value is -1.35. The zero-order valence-electron chi connectivity index (χ0n) is 7.19. The molecule has 1 atom stereocenters. The minimum Gasteiger partial charge on any atom is -0.462 e. The molecule has 13 heavy (non-hydrogen) atoms. The van der Waals surface area contributed by atoms with E-state index in [2.05, 4.69) is 4.74 Å². The van der Waals surface area contributed by atoms with Gasteiger partial charge >= 0.3 is 5.97 Å². The highest BCUT2D eigenvalue weighted by molar-refractivity contribution is 5.86. The molecule has 0 spiro atoms. The Labute approximate surface area is 76.5 Å². The van der Waals surface area contributed by atoms with Gasteiger partial charge in [0.15, 0.2) is 5.54 Å². The molecule has 0 unspecified atom stereocenters. The average Bonchev–Trinajstić information content (AvgIpc) is 2.17. The molecule has 1 aromatic carbocycles. The van der Waals surface area contributed by atoms with Gasteiger partial charge < -0.3 is 10.5 Å². The summed E-state index contributed by atoms with van der Waals surface area (Å²) in [6.45, 7) is 0.334. The fraction of sp³-hybridized carbons (Fsp3) is 0.300. The van der Waals surface area contributed by atoms with Crippen LogP contribution in [-0.4, -0.2) is 18.1 Å². The van der Waals surface area contributed by atoms with E-state index in [1.54, 1.807) is 0 Å². The van der Waals surface area contributed by atoms with E-state index in [1.807, 2.05) is 30.3 Å². The van der Waals surface area contributed by atoms with E-state index in [-0.39, 0.29) is 5.97 Å². The summed E-state index contributed by atoms with van der Waals surface area (Å²) in [4.78, 5) is 11.0. The van der Waals surface area contributed by atoms with Crippen LogP contribution in [0.1, 0.15) is 5.56 Å². The van der Waals surface area contributed by atoms with Gasteiger partial charge in [-0.3, -0.25) is 0 Å². The molecule has 1 saturated heterocycles. The summed E-state index contributed by atoms with van der Waals surface area (Å²) in [7, 11) is 0. The van der Waals surface area contributed by atoms with E-state index in [0.717, 1.165) is 5.56 Å². The number of cyclic esters (lactones) is 1. The van der Waals surface area contributed by atoms with Crippen LogP contribution in [0.3, 0.4) is 0 Å². The Balaban J connectivity index is 2.11. The predicted molar refractivity (Wildman–Crippen MR) is 48.0 cm³/mol. The van der Waals surface area contributed by atoms with Crippen molar-refractivity contribution in [2.45, 2.75) is 12.0 Å². The maximum absolute atomic E-state index is 11.0. The van der Waals surface area contributed by atoms with Crippen LogP contribution in [0.25, 0.3) is 0 Å². The second-order valence-corrected chi connectivity index (χ2v) is 3.39. The number of ether oxygens (including phenoxy) is 1. The second kappa shape index (κ2) is 2.85. The standard InChI is InChI=1S/C10H11NO2/c11-10(7-13-9(10)12)6-8-4-2-1-3-5-8/h1-5H,6-7,11H2/t10-/m0/s1. The Morgan fingerprint density at radius 1 is 1.38 bits per heavy atom. The molecule has 68 valence electrons. The van der Waals surface area contributed by atoms with Gasteiger partial charge in [-0.05, 0) is 5.56 Å². The molecule has 1 aliphatic heterocycles. The first-order valence-corrected chi connectivity index (χ1v) is 4.21. The maximum Gasteiger partial charge on any atom is 0.330 e. The van der Waals surface area contributed by atoms with Crippen molar-refractivity contribution in [3.8, 4) is 0 Å². The van der Waals surface area contributed by atoms with Gasteiger partial charge in [-0.2, -0.15) is 0 Å². The SMILES string of the molecule is N[C@@]1(Cc2ccccc2)COC1=O. The first kappa shape index (κ1) is 8.26. The lowest BCUT2D eigenvalue weighted by Gasteiger charge is -2.35. The van der Waals surface area contributed by atoms with E-state index >= 15 is 0 Å². The molecule has 1 fully saturated rings. The van der Waals surface area contributed by atoms with Gasteiger partial charge in [0.05, 0.1) is 0 Å². The average molecular weight is 177 g/mol. The van der Waals surface area contributed by atoms with Gasteiger partial charge in [-0.25, -0.2) is 4.79 Å². The summed E-state index contributed by atoms with van der Waals surface area (Å²) in [6.07, 6.45) is 0.562. The number of carbonyl (C=O) groups excluding carboxylic acids is 1. The van der Waals surface area contributed by atoms with E-state index in [1.165, 1.54) is 0 Å². The molecule has 0 bridgehead atoms. The summed E-state index contributed by atoms with van der Waals surface area (Å²) < 4.78 is 4.65. The molecule has 0 aliphatic carbocycles. The van der Waals surface area contributed by atoms with Gasteiger partial charge in [0.2, 0.25) is 0 Å². The minimum atomic E-state index is -0.776. The third kappa shape index (κ3) is 1.42. The number of rotatable bonds is 2. The maximum atomic E-state index is 11.0. The molecule has 1 aliphatic rings. The van der Waals surface area contributed by atoms with Crippen molar-refractivity contribution in [1.29, 1.82) is 0 Å². The molecule has 0 aromatic heterocycles. The van der Waals surface area contributed by atoms with Crippen LogP contribution >= 0.6 is 0 Å². The van der Waals surface area contributed by atoms with Gasteiger partial charge in [0.25, 0.3) is 0 Å². The number of nitrogens with two attached hydrogens (primary N) is 1. The summed E-state index contributed by atoms with van der Waals surface area (Å²) in [5.41, 5.74) is 6.10. The number of carbonyl (C=O) groups is 1. The Bertz CT molecular complexity index is 323. The largest absolute Gasteiger partial charge is 0.462 e. The van der Waals surface area contributed by atoms with E-state index in [0.29, 0.717) is 13.0 Å². The minimum absolute atomic E-state index is 0.295. The monoisotopic (exact) mass is 177 g/mol. The highest BCUT2D eigenvalue weighted by Gasteiger charge is 2.45. The van der Waals surface area contributed by atoms with Crippen LogP contribution in [0.4, 0.5) is 0 Å². The molecule has 0 amide bonds. The zero-order chi connectivity index (χ0) is 9.31. The third-order valence-electron chi connectivity index (χ3n) is 2.23. The molecular weight excluding hydrogens is 166 g/mol. The van der Waals surface area contributed by atoms with Crippen molar-refractivity contribution in [2.75, 3.05) is 6.61 Å². The zero-order valence-corrected chi connectivity index (χ0v) is 7.19. The quantitative estimate of drug-likeness (QED) is 0.668. The Morgan fingerprint density at radius 2 is 2.08 bits per heavy atom. The van der Waals surface area contributed by atoms with Gasteiger partial charge in [0.1, 0.15) is 6.61 Å². The summed E-state index contributed by atoms with van der Waals surface area (Å²) in [5, 5.41) is 0. The molecule has 2 N–H and O–H groups in total. The van der Waals surface area contributed by atoms with Crippen molar-refractivity contribution in [2.24, 2.45) is 5.73 Å². The predicted octanol–water partition coefficient (Wildman–Crippen LogP) is 0.483.